The highest BCUT2D eigenvalue weighted by molar-refractivity contribution is 5.38. The molecule has 0 spiro atoms. The molecule has 1 saturated heterocycles. The predicted octanol–water partition coefficient (Wildman–Crippen LogP) is 4.90. The van der Waals surface area contributed by atoms with Crippen molar-refractivity contribution in [1.29, 1.82) is 0 Å². The quantitative estimate of drug-likeness (QED) is 0.740. The zero-order valence-corrected chi connectivity index (χ0v) is 16.3. The van der Waals surface area contributed by atoms with Gasteiger partial charge in [-0.15, -0.1) is 0 Å². The average Bonchev–Trinajstić information content (AvgIpc) is 2.74. The highest BCUT2D eigenvalue weighted by Gasteiger charge is 2.34. The van der Waals surface area contributed by atoms with Crippen molar-refractivity contribution in [3.05, 3.63) is 89.5 Å². The number of aromatic nitrogens is 1. The Labute approximate surface area is 166 Å². The van der Waals surface area contributed by atoms with E-state index in [0.717, 1.165) is 38.3 Å². The zero-order valence-electron chi connectivity index (χ0n) is 16.3. The molecule has 0 saturated carbocycles. The fraction of sp³-hybridized carbons (Fsp3) is 0.375. The van der Waals surface area contributed by atoms with Crippen LogP contribution >= 0.6 is 0 Å². The number of ether oxygens (including phenoxy) is 1. The topological polar surface area (TPSA) is 25.4 Å². The van der Waals surface area contributed by atoms with Crippen molar-refractivity contribution in [3.63, 3.8) is 0 Å². The lowest BCUT2D eigenvalue weighted by atomic mass is 9.76. The molecule has 2 aromatic rings. The van der Waals surface area contributed by atoms with Crippen LogP contribution in [0.5, 0.6) is 0 Å². The number of allylic oxidation sites excluding steroid dienone is 3. The number of hydrogen-bond acceptors (Lipinski definition) is 3. The van der Waals surface area contributed by atoms with E-state index in [1.807, 2.05) is 30.6 Å². The largest absolute Gasteiger partial charge is 0.379 e. The highest BCUT2D eigenvalue weighted by Crippen LogP contribution is 2.44. The van der Waals surface area contributed by atoms with Crippen molar-refractivity contribution in [2.45, 2.75) is 25.3 Å². The maximum absolute atomic E-state index is 13.7. The van der Waals surface area contributed by atoms with E-state index in [4.69, 9.17) is 4.74 Å². The van der Waals surface area contributed by atoms with Crippen LogP contribution in [0.4, 0.5) is 4.39 Å². The molecule has 3 nitrogen and oxygen atoms in total. The monoisotopic (exact) mass is 378 g/mol. The summed E-state index contributed by atoms with van der Waals surface area (Å²) in [6, 6.07) is 11.3. The maximum atomic E-state index is 13.7. The SMILES string of the molecule is CC1C=CC=C(C(c2cccnc2)C(c2ccc(F)cc2)N2CCOCC2)C1. The molecule has 4 heteroatoms. The van der Waals surface area contributed by atoms with Crippen LogP contribution in [0.3, 0.4) is 0 Å². The lowest BCUT2D eigenvalue weighted by molar-refractivity contribution is 0.0119. The van der Waals surface area contributed by atoms with E-state index in [-0.39, 0.29) is 17.8 Å². The van der Waals surface area contributed by atoms with E-state index in [1.165, 1.54) is 11.1 Å². The van der Waals surface area contributed by atoms with Gasteiger partial charge < -0.3 is 4.74 Å². The minimum absolute atomic E-state index is 0.124. The molecule has 2 aliphatic rings. The predicted molar refractivity (Wildman–Crippen MR) is 110 cm³/mol. The van der Waals surface area contributed by atoms with Crippen molar-refractivity contribution in [2.24, 2.45) is 5.92 Å². The average molecular weight is 378 g/mol. The first-order chi connectivity index (χ1) is 13.7. The van der Waals surface area contributed by atoms with Gasteiger partial charge in [-0.3, -0.25) is 9.88 Å². The molecule has 2 heterocycles. The molecule has 1 aliphatic carbocycles. The fourth-order valence-corrected chi connectivity index (χ4v) is 4.40. The first-order valence-electron chi connectivity index (χ1n) is 10.1. The number of nitrogens with zero attached hydrogens (tertiary/aromatic N) is 2. The van der Waals surface area contributed by atoms with Crippen LogP contribution in [-0.2, 0) is 4.74 Å². The molecule has 0 radical (unpaired) electrons. The maximum Gasteiger partial charge on any atom is 0.123 e. The number of rotatable bonds is 5. The number of morpholine rings is 1. The summed E-state index contributed by atoms with van der Waals surface area (Å²) in [6.07, 6.45) is 11.5. The van der Waals surface area contributed by atoms with Crippen molar-refractivity contribution < 1.29 is 9.13 Å². The van der Waals surface area contributed by atoms with Crippen LogP contribution in [0, 0.1) is 11.7 Å². The molecule has 0 bridgehead atoms. The number of benzene rings is 1. The lowest BCUT2D eigenvalue weighted by Crippen LogP contribution is -2.42. The first kappa shape index (κ1) is 19.0. The third-order valence-corrected chi connectivity index (χ3v) is 5.72. The van der Waals surface area contributed by atoms with E-state index in [1.54, 1.807) is 12.1 Å². The first-order valence-corrected chi connectivity index (χ1v) is 10.1. The highest BCUT2D eigenvalue weighted by atomic mass is 19.1. The molecule has 28 heavy (non-hydrogen) atoms. The summed E-state index contributed by atoms with van der Waals surface area (Å²) in [4.78, 5) is 6.89. The lowest BCUT2D eigenvalue weighted by Gasteiger charge is -2.41. The Bertz CT molecular complexity index is 825. The van der Waals surface area contributed by atoms with Crippen LogP contribution in [0.25, 0.3) is 0 Å². The summed E-state index contributed by atoms with van der Waals surface area (Å²) in [6.45, 7) is 5.46. The van der Waals surface area contributed by atoms with Gasteiger partial charge in [0.05, 0.1) is 13.2 Å². The molecule has 4 rings (SSSR count). The summed E-state index contributed by atoms with van der Waals surface area (Å²) in [7, 11) is 0. The molecule has 0 N–H and O–H groups in total. The van der Waals surface area contributed by atoms with Crippen LogP contribution in [-0.4, -0.2) is 36.2 Å². The van der Waals surface area contributed by atoms with Gasteiger partial charge in [0.15, 0.2) is 0 Å². The van der Waals surface area contributed by atoms with Gasteiger partial charge in [-0.1, -0.05) is 48.9 Å². The van der Waals surface area contributed by atoms with Crippen molar-refractivity contribution in [3.8, 4) is 0 Å². The van der Waals surface area contributed by atoms with E-state index in [2.05, 4.69) is 41.1 Å². The number of halogens is 1. The molecular formula is C24H27FN2O. The summed E-state index contributed by atoms with van der Waals surface area (Å²) < 4.78 is 19.3. The molecular weight excluding hydrogens is 351 g/mol. The van der Waals surface area contributed by atoms with Gasteiger partial charge in [0, 0.05) is 37.4 Å². The molecule has 1 aromatic carbocycles. The Morgan fingerprint density at radius 2 is 1.89 bits per heavy atom. The normalized spacial score (nSPS) is 22.5. The molecule has 0 amide bonds. The Kier molecular flexibility index (Phi) is 5.98. The van der Waals surface area contributed by atoms with Crippen LogP contribution in [0.15, 0.2) is 72.6 Å². The molecule has 1 aromatic heterocycles. The van der Waals surface area contributed by atoms with Gasteiger partial charge in [-0.05, 0) is 41.7 Å². The van der Waals surface area contributed by atoms with Crippen molar-refractivity contribution >= 4 is 0 Å². The second-order valence-electron chi connectivity index (χ2n) is 7.72. The summed E-state index contributed by atoms with van der Waals surface area (Å²) in [5.41, 5.74) is 3.75. The van der Waals surface area contributed by atoms with Gasteiger partial charge >= 0.3 is 0 Å². The van der Waals surface area contributed by atoms with E-state index >= 15 is 0 Å². The second-order valence-corrected chi connectivity index (χ2v) is 7.72. The molecule has 1 fully saturated rings. The Hall–Kier alpha value is -2.30. The molecule has 3 atom stereocenters. The van der Waals surface area contributed by atoms with Gasteiger partial charge in [0.2, 0.25) is 0 Å². The Morgan fingerprint density at radius 1 is 1.11 bits per heavy atom. The minimum atomic E-state index is -0.198. The second kappa shape index (κ2) is 8.80. The molecule has 1 aliphatic heterocycles. The van der Waals surface area contributed by atoms with E-state index < -0.39 is 0 Å². The standard InChI is InChI=1S/C24H27FN2O/c1-18-4-2-5-20(16-18)23(21-6-3-11-26-17-21)24(27-12-14-28-15-13-27)19-7-9-22(25)10-8-19/h2-11,17-18,23-24H,12-16H2,1H3. The summed E-state index contributed by atoms with van der Waals surface area (Å²) in [5.74, 6) is 0.484. The molecule has 146 valence electrons. The van der Waals surface area contributed by atoms with E-state index in [9.17, 15) is 4.39 Å². The van der Waals surface area contributed by atoms with Crippen molar-refractivity contribution in [2.75, 3.05) is 26.3 Å². The zero-order chi connectivity index (χ0) is 19.3. The molecule has 3 unspecified atom stereocenters. The smallest absolute Gasteiger partial charge is 0.123 e. The van der Waals surface area contributed by atoms with Gasteiger partial charge in [-0.25, -0.2) is 4.39 Å². The van der Waals surface area contributed by atoms with Gasteiger partial charge in [0.25, 0.3) is 0 Å². The van der Waals surface area contributed by atoms with Crippen LogP contribution in [0.2, 0.25) is 0 Å². The van der Waals surface area contributed by atoms with Crippen LogP contribution < -0.4 is 0 Å². The Balaban J connectivity index is 1.81. The number of pyridine rings is 1. The number of hydrogen-bond donors (Lipinski definition) is 0. The van der Waals surface area contributed by atoms with E-state index in [0.29, 0.717) is 5.92 Å². The Morgan fingerprint density at radius 3 is 2.57 bits per heavy atom. The van der Waals surface area contributed by atoms with Crippen LogP contribution in [0.1, 0.15) is 36.4 Å². The third-order valence-electron chi connectivity index (χ3n) is 5.72. The van der Waals surface area contributed by atoms with Crippen molar-refractivity contribution in [1.82, 2.24) is 9.88 Å². The third kappa shape index (κ3) is 4.23. The summed E-state index contributed by atoms with van der Waals surface area (Å²) in [5, 5.41) is 0. The fourth-order valence-electron chi connectivity index (χ4n) is 4.40. The van der Waals surface area contributed by atoms with Gasteiger partial charge in [0.1, 0.15) is 5.82 Å². The minimum Gasteiger partial charge on any atom is -0.379 e. The summed E-state index contributed by atoms with van der Waals surface area (Å²) >= 11 is 0. The van der Waals surface area contributed by atoms with Gasteiger partial charge in [-0.2, -0.15) is 0 Å².